The zero-order valence-corrected chi connectivity index (χ0v) is 11.5. The average molecular weight is 283 g/mol. The van der Waals surface area contributed by atoms with Gasteiger partial charge in [-0.05, 0) is 24.0 Å². The second-order valence-electron chi connectivity index (χ2n) is 5.01. The number of rotatable bonds is 5. The van der Waals surface area contributed by atoms with E-state index in [4.69, 9.17) is 10.8 Å². The summed E-state index contributed by atoms with van der Waals surface area (Å²) in [5.41, 5.74) is 6.77. The van der Waals surface area contributed by atoms with Crippen molar-refractivity contribution in [2.75, 3.05) is 12.8 Å². The number of hydrogen-bond acceptors (Lipinski definition) is 4. The van der Waals surface area contributed by atoms with E-state index < -0.39 is 26.5 Å². The molecule has 0 amide bonds. The van der Waals surface area contributed by atoms with E-state index in [1.165, 1.54) is 6.26 Å². The molecule has 1 aromatic carbocycles. The lowest BCUT2D eigenvalue weighted by Gasteiger charge is -2.15. The minimum atomic E-state index is -3.14. The predicted octanol–water partition coefficient (Wildman–Crippen LogP) is 0.847. The first-order chi connectivity index (χ1) is 8.82. The van der Waals surface area contributed by atoms with Gasteiger partial charge < -0.3 is 10.8 Å². The van der Waals surface area contributed by atoms with E-state index in [2.05, 4.69) is 0 Å². The molecule has 0 saturated heterocycles. The molecule has 3 N–H and O–H groups in total. The average Bonchev–Trinajstić information content (AvgIpc) is 3.10. The highest BCUT2D eigenvalue weighted by molar-refractivity contribution is 7.92. The summed E-state index contributed by atoms with van der Waals surface area (Å²) in [6, 6.07) is 6.72. The Labute approximate surface area is 112 Å². The molecule has 1 aliphatic carbocycles. The number of hydrogen-bond donors (Lipinski definition) is 2. The van der Waals surface area contributed by atoms with Crippen molar-refractivity contribution < 1.29 is 18.3 Å². The Morgan fingerprint density at radius 2 is 1.89 bits per heavy atom. The van der Waals surface area contributed by atoms with Gasteiger partial charge in [-0.25, -0.2) is 8.42 Å². The van der Waals surface area contributed by atoms with Crippen molar-refractivity contribution in [1.29, 1.82) is 0 Å². The summed E-state index contributed by atoms with van der Waals surface area (Å²) < 4.78 is 22.8. The monoisotopic (exact) mass is 283 g/mol. The normalized spacial score (nSPS) is 18.8. The number of carbonyl (C=O) groups is 1. The first-order valence-corrected chi connectivity index (χ1v) is 7.94. The molecule has 1 aromatic rings. The fraction of sp³-hybridized carbons (Fsp3) is 0.462. The number of carboxylic acids is 1. The minimum absolute atomic E-state index is 0.0197. The van der Waals surface area contributed by atoms with E-state index in [-0.39, 0.29) is 6.54 Å². The molecule has 0 heterocycles. The molecular formula is C13H17NO4S. The fourth-order valence-corrected chi connectivity index (χ4v) is 3.79. The van der Waals surface area contributed by atoms with Crippen LogP contribution in [0.2, 0.25) is 0 Å². The van der Waals surface area contributed by atoms with Gasteiger partial charge in [0.2, 0.25) is 0 Å². The molecular weight excluding hydrogens is 266 g/mol. The van der Waals surface area contributed by atoms with E-state index >= 15 is 0 Å². The molecule has 2 rings (SSSR count). The van der Waals surface area contributed by atoms with Crippen LogP contribution in [0.5, 0.6) is 0 Å². The Kier molecular flexibility index (Phi) is 3.40. The van der Waals surface area contributed by atoms with Gasteiger partial charge in [0.25, 0.3) is 0 Å². The third-order valence-corrected chi connectivity index (χ3v) is 5.85. The summed E-state index contributed by atoms with van der Waals surface area (Å²) in [6.45, 7) is 0.0197. The molecule has 0 aromatic heterocycles. The molecule has 1 aliphatic rings. The Balaban J connectivity index is 2.32. The number of carboxylic acid groups (broad SMARTS) is 1. The smallest absolute Gasteiger partial charge is 0.312 e. The minimum Gasteiger partial charge on any atom is -0.481 e. The maximum Gasteiger partial charge on any atom is 0.312 e. The van der Waals surface area contributed by atoms with Crippen molar-refractivity contribution in [3.05, 3.63) is 35.4 Å². The molecule has 1 fully saturated rings. The van der Waals surface area contributed by atoms with Gasteiger partial charge in [-0.15, -0.1) is 0 Å². The van der Waals surface area contributed by atoms with Crippen molar-refractivity contribution in [2.45, 2.75) is 23.5 Å². The Bertz CT molecular complexity index is 588. The van der Waals surface area contributed by atoms with Crippen LogP contribution in [-0.2, 0) is 19.4 Å². The van der Waals surface area contributed by atoms with Crippen LogP contribution in [-0.4, -0.2) is 32.3 Å². The summed E-state index contributed by atoms with van der Waals surface area (Å²) in [5.74, 6) is -1.72. The van der Waals surface area contributed by atoms with E-state index in [0.717, 1.165) is 5.56 Å². The van der Waals surface area contributed by atoms with Crippen molar-refractivity contribution in [3.63, 3.8) is 0 Å². The first-order valence-electron chi connectivity index (χ1n) is 6.05. The van der Waals surface area contributed by atoms with Crippen LogP contribution < -0.4 is 5.73 Å². The molecule has 19 heavy (non-hydrogen) atoms. The quantitative estimate of drug-likeness (QED) is 0.834. The zero-order chi connectivity index (χ0) is 14.3. The van der Waals surface area contributed by atoms with E-state index in [0.29, 0.717) is 18.4 Å². The van der Waals surface area contributed by atoms with Crippen LogP contribution in [0.15, 0.2) is 24.3 Å². The van der Waals surface area contributed by atoms with Crippen molar-refractivity contribution >= 4 is 15.8 Å². The van der Waals surface area contributed by atoms with Gasteiger partial charge in [-0.1, -0.05) is 24.3 Å². The van der Waals surface area contributed by atoms with Gasteiger partial charge >= 0.3 is 5.97 Å². The number of benzene rings is 1. The van der Waals surface area contributed by atoms with Crippen LogP contribution in [0.4, 0.5) is 0 Å². The zero-order valence-electron chi connectivity index (χ0n) is 10.7. The molecule has 104 valence electrons. The second-order valence-corrected chi connectivity index (χ2v) is 7.34. The van der Waals surface area contributed by atoms with Gasteiger partial charge in [0.15, 0.2) is 9.84 Å². The van der Waals surface area contributed by atoms with Crippen LogP contribution in [0.25, 0.3) is 0 Å². The third-order valence-electron chi connectivity index (χ3n) is 3.79. The van der Waals surface area contributed by atoms with Gasteiger partial charge in [-0.2, -0.15) is 0 Å². The lowest BCUT2D eigenvalue weighted by Crippen LogP contribution is -2.22. The molecule has 1 unspecified atom stereocenters. The third kappa shape index (κ3) is 2.37. The fourth-order valence-electron chi connectivity index (χ4n) is 2.39. The molecule has 0 bridgehead atoms. The van der Waals surface area contributed by atoms with Crippen LogP contribution in [0, 0.1) is 0 Å². The van der Waals surface area contributed by atoms with Crippen LogP contribution in [0.3, 0.4) is 0 Å². The van der Waals surface area contributed by atoms with Gasteiger partial charge in [0.1, 0.15) is 0 Å². The topological polar surface area (TPSA) is 97.5 Å². The van der Waals surface area contributed by atoms with Crippen molar-refractivity contribution in [1.82, 2.24) is 0 Å². The molecule has 0 spiro atoms. The Morgan fingerprint density at radius 1 is 1.37 bits per heavy atom. The summed E-state index contributed by atoms with van der Waals surface area (Å²) >= 11 is 0. The highest BCUT2D eigenvalue weighted by Gasteiger charge is 2.53. The van der Waals surface area contributed by atoms with Crippen molar-refractivity contribution in [2.24, 2.45) is 5.73 Å². The van der Waals surface area contributed by atoms with Gasteiger partial charge in [0.05, 0.1) is 10.7 Å². The summed E-state index contributed by atoms with van der Waals surface area (Å²) in [5, 5.41) is 9.02. The van der Waals surface area contributed by atoms with Crippen LogP contribution >= 0.6 is 0 Å². The summed E-state index contributed by atoms with van der Waals surface area (Å²) in [4.78, 5) is 11.0. The molecule has 5 nitrogen and oxygen atoms in total. The summed E-state index contributed by atoms with van der Waals surface area (Å²) in [6.07, 6.45) is 2.50. The summed E-state index contributed by atoms with van der Waals surface area (Å²) in [7, 11) is -3.14. The number of sulfone groups is 1. The molecule has 0 aliphatic heterocycles. The predicted molar refractivity (Wildman–Crippen MR) is 71.6 cm³/mol. The SMILES string of the molecule is CS(=O)(=O)C1(c2ccc(C(CN)C(=O)O)cc2)CC1. The van der Waals surface area contributed by atoms with Crippen LogP contribution in [0.1, 0.15) is 29.9 Å². The number of aliphatic carboxylic acids is 1. The molecule has 6 heteroatoms. The van der Waals surface area contributed by atoms with E-state index in [9.17, 15) is 13.2 Å². The molecule has 1 saturated carbocycles. The second kappa shape index (κ2) is 4.61. The molecule has 1 atom stereocenters. The van der Waals surface area contributed by atoms with Gasteiger partial charge in [-0.3, -0.25) is 4.79 Å². The first kappa shape index (κ1) is 14.0. The number of nitrogens with two attached hydrogens (primary N) is 1. The van der Waals surface area contributed by atoms with E-state index in [1.54, 1.807) is 24.3 Å². The standard InChI is InChI=1S/C13H17NO4S/c1-19(17,18)13(6-7-13)10-4-2-9(3-5-10)11(8-14)12(15)16/h2-5,11H,6-8,14H2,1H3,(H,15,16). The largest absolute Gasteiger partial charge is 0.481 e. The Morgan fingerprint density at radius 3 is 2.21 bits per heavy atom. The van der Waals surface area contributed by atoms with Crippen molar-refractivity contribution in [3.8, 4) is 0 Å². The lowest BCUT2D eigenvalue weighted by molar-refractivity contribution is -0.138. The highest BCUT2D eigenvalue weighted by Crippen LogP contribution is 2.52. The Hall–Kier alpha value is -1.40. The van der Waals surface area contributed by atoms with E-state index in [1.807, 2.05) is 0 Å². The lowest BCUT2D eigenvalue weighted by atomic mass is 9.97. The molecule has 0 radical (unpaired) electrons. The maximum atomic E-state index is 11.8. The maximum absolute atomic E-state index is 11.8. The van der Waals surface area contributed by atoms with Gasteiger partial charge in [0, 0.05) is 12.8 Å². The highest BCUT2D eigenvalue weighted by atomic mass is 32.2.